The zero-order valence-electron chi connectivity index (χ0n) is 12.3. The SMILES string of the molecule is CN1CCCC(CNC(=O)N(C)C(C)(C)C(=O)O)C1. The largest absolute Gasteiger partial charge is 0.480 e. The highest BCUT2D eigenvalue weighted by molar-refractivity contribution is 5.85. The highest BCUT2D eigenvalue weighted by atomic mass is 16.4. The Morgan fingerprint density at radius 3 is 2.63 bits per heavy atom. The average Bonchev–Trinajstić information content (AvgIpc) is 2.34. The number of carbonyl (C=O) groups is 2. The van der Waals surface area contributed by atoms with E-state index in [1.807, 2.05) is 0 Å². The maximum Gasteiger partial charge on any atom is 0.329 e. The number of likely N-dealkylation sites (N-methyl/N-ethyl adjacent to an activating group) is 1. The van der Waals surface area contributed by atoms with Crippen molar-refractivity contribution in [3.05, 3.63) is 0 Å². The van der Waals surface area contributed by atoms with E-state index in [2.05, 4.69) is 17.3 Å². The third-order valence-electron chi connectivity index (χ3n) is 3.93. The smallest absolute Gasteiger partial charge is 0.329 e. The van der Waals surface area contributed by atoms with Crippen molar-refractivity contribution in [3.8, 4) is 0 Å². The van der Waals surface area contributed by atoms with Gasteiger partial charge in [-0.1, -0.05) is 0 Å². The second-order valence-corrected chi connectivity index (χ2v) is 5.88. The number of hydrogen-bond acceptors (Lipinski definition) is 3. The topological polar surface area (TPSA) is 72.9 Å². The van der Waals surface area contributed by atoms with Gasteiger partial charge >= 0.3 is 12.0 Å². The Kier molecular flexibility index (Phi) is 5.17. The van der Waals surface area contributed by atoms with Gasteiger partial charge in [0.05, 0.1) is 0 Å². The van der Waals surface area contributed by atoms with Crippen molar-refractivity contribution in [3.63, 3.8) is 0 Å². The number of rotatable bonds is 4. The number of aliphatic carboxylic acids is 1. The molecule has 0 aromatic carbocycles. The molecular formula is C13H25N3O3. The summed E-state index contributed by atoms with van der Waals surface area (Å²) in [7, 11) is 3.59. The lowest BCUT2D eigenvalue weighted by Crippen LogP contribution is -2.55. The number of hydrogen-bond donors (Lipinski definition) is 2. The molecule has 1 fully saturated rings. The molecule has 1 unspecified atom stereocenters. The molecule has 0 aromatic rings. The fraction of sp³-hybridized carbons (Fsp3) is 0.846. The van der Waals surface area contributed by atoms with E-state index in [4.69, 9.17) is 5.11 Å². The number of urea groups is 1. The molecule has 1 aliphatic heterocycles. The molecule has 0 bridgehead atoms. The van der Waals surface area contributed by atoms with Crippen LogP contribution in [0.5, 0.6) is 0 Å². The Morgan fingerprint density at radius 2 is 2.11 bits per heavy atom. The summed E-state index contributed by atoms with van der Waals surface area (Å²) in [5, 5.41) is 11.9. The summed E-state index contributed by atoms with van der Waals surface area (Å²) in [4.78, 5) is 26.5. The molecule has 0 saturated carbocycles. The summed E-state index contributed by atoms with van der Waals surface area (Å²) in [5.41, 5.74) is -1.20. The average molecular weight is 271 g/mol. The number of piperidine rings is 1. The van der Waals surface area contributed by atoms with Gasteiger partial charge in [-0.15, -0.1) is 0 Å². The van der Waals surface area contributed by atoms with Gasteiger partial charge in [0.15, 0.2) is 0 Å². The number of amides is 2. The van der Waals surface area contributed by atoms with Crippen molar-refractivity contribution in [2.24, 2.45) is 5.92 Å². The van der Waals surface area contributed by atoms with E-state index in [9.17, 15) is 9.59 Å². The Bertz CT molecular complexity index is 344. The number of nitrogens with one attached hydrogen (secondary N) is 1. The zero-order chi connectivity index (χ0) is 14.6. The van der Waals surface area contributed by atoms with E-state index in [1.54, 1.807) is 0 Å². The number of likely N-dealkylation sites (tertiary alicyclic amines) is 1. The molecule has 6 heteroatoms. The Labute approximate surface area is 114 Å². The maximum atomic E-state index is 12.0. The fourth-order valence-electron chi connectivity index (χ4n) is 2.19. The highest BCUT2D eigenvalue weighted by Crippen LogP contribution is 2.15. The minimum absolute atomic E-state index is 0.333. The fourth-order valence-corrected chi connectivity index (χ4v) is 2.19. The molecule has 1 heterocycles. The van der Waals surface area contributed by atoms with Crippen LogP contribution in [0.2, 0.25) is 0 Å². The van der Waals surface area contributed by atoms with Gasteiger partial charge in [0.1, 0.15) is 5.54 Å². The van der Waals surface area contributed by atoms with E-state index in [-0.39, 0.29) is 6.03 Å². The zero-order valence-corrected chi connectivity index (χ0v) is 12.3. The van der Waals surface area contributed by atoms with Gasteiger partial charge in [-0.2, -0.15) is 0 Å². The van der Waals surface area contributed by atoms with Crippen molar-refractivity contribution in [1.82, 2.24) is 15.1 Å². The van der Waals surface area contributed by atoms with Crippen LogP contribution in [-0.2, 0) is 4.79 Å². The first-order chi connectivity index (χ1) is 8.75. The molecule has 0 aromatic heterocycles. The minimum atomic E-state index is -1.20. The standard InChI is InChI=1S/C13H25N3O3/c1-13(2,11(17)18)16(4)12(19)14-8-10-6-5-7-15(3)9-10/h10H,5-9H2,1-4H3,(H,14,19)(H,17,18). The van der Waals surface area contributed by atoms with Gasteiger partial charge in [-0.05, 0) is 46.2 Å². The monoisotopic (exact) mass is 271 g/mol. The van der Waals surface area contributed by atoms with Crippen molar-refractivity contribution >= 4 is 12.0 Å². The van der Waals surface area contributed by atoms with E-state index in [1.165, 1.54) is 25.8 Å². The van der Waals surface area contributed by atoms with Crippen LogP contribution >= 0.6 is 0 Å². The first-order valence-corrected chi connectivity index (χ1v) is 6.68. The molecular weight excluding hydrogens is 246 g/mol. The molecule has 1 aliphatic rings. The highest BCUT2D eigenvalue weighted by Gasteiger charge is 2.35. The molecule has 2 amide bonds. The van der Waals surface area contributed by atoms with Crippen molar-refractivity contribution in [1.29, 1.82) is 0 Å². The van der Waals surface area contributed by atoms with Crippen LogP contribution < -0.4 is 5.32 Å². The van der Waals surface area contributed by atoms with Crippen molar-refractivity contribution in [2.75, 3.05) is 33.7 Å². The predicted octanol–water partition coefficient (Wildman–Crippen LogP) is 0.833. The summed E-state index contributed by atoms with van der Waals surface area (Å²) in [6, 6.07) is -0.333. The molecule has 1 rings (SSSR count). The molecule has 6 nitrogen and oxygen atoms in total. The molecule has 2 N–H and O–H groups in total. The molecule has 1 saturated heterocycles. The van der Waals surface area contributed by atoms with Crippen LogP contribution in [0.4, 0.5) is 4.79 Å². The first kappa shape index (κ1) is 15.8. The Hall–Kier alpha value is -1.30. The Balaban J connectivity index is 2.44. The second kappa shape index (κ2) is 6.23. The lowest BCUT2D eigenvalue weighted by molar-refractivity contribution is -0.146. The van der Waals surface area contributed by atoms with Crippen LogP contribution in [-0.4, -0.2) is 66.2 Å². The molecule has 0 radical (unpaired) electrons. The third kappa shape index (κ3) is 4.09. The summed E-state index contributed by atoms with van der Waals surface area (Å²) in [6.45, 7) is 5.72. The third-order valence-corrected chi connectivity index (χ3v) is 3.93. The van der Waals surface area contributed by atoms with Gasteiger partial charge < -0.3 is 20.2 Å². The predicted molar refractivity (Wildman–Crippen MR) is 73.1 cm³/mol. The van der Waals surface area contributed by atoms with E-state index in [0.717, 1.165) is 25.9 Å². The number of carboxylic acids is 1. The van der Waals surface area contributed by atoms with Gasteiger partial charge in [0, 0.05) is 20.1 Å². The van der Waals surface area contributed by atoms with Crippen molar-refractivity contribution in [2.45, 2.75) is 32.2 Å². The van der Waals surface area contributed by atoms with E-state index < -0.39 is 11.5 Å². The van der Waals surface area contributed by atoms with Gasteiger partial charge in [-0.3, -0.25) is 0 Å². The van der Waals surface area contributed by atoms with E-state index in [0.29, 0.717) is 12.5 Å². The van der Waals surface area contributed by atoms with Gasteiger partial charge in [0.25, 0.3) is 0 Å². The van der Waals surface area contributed by atoms with Gasteiger partial charge in [-0.25, -0.2) is 9.59 Å². The lowest BCUT2D eigenvalue weighted by Gasteiger charge is -2.33. The number of carbonyl (C=O) groups excluding carboxylic acids is 1. The van der Waals surface area contributed by atoms with Crippen LogP contribution in [0.3, 0.4) is 0 Å². The molecule has 0 spiro atoms. The maximum absolute atomic E-state index is 12.0. The van der Waals surface area contributed by atoms with Crippen molar-refractivity contribution < 1.29 is 14.7 Å². The van der Waals surface area contributed by atoms with Crippen LogP contribution in [0.25, 0.3) is 0 Å². The Morgan fingerprint density at radius 1 is 1.47 bits per heavy atom. The normalized spacial score (nSPS) is 20.9. The van der Waals surface area contributed by atoms with Crippen LogP contribution in [0.15, 0.2) is 0 Å². The molecule has 0 aliphatic carbocycles. The molecule has 110 valence electrons. The summed E-state index contributed by atoms with van der Waals surface area (Å²) >= 11 is 0. The molecule has 19 heavy (non-hydrogen) atoms. The number of nitrogens with zero attached hydrogens (tertiary/aromatic N) is 2. The molecule has 1 atom stereocenters. The second-order valence-electron chi connectivity index (χ2n) is 5.88. The first-order valence-electron chi connectivity index (χ1n) is 6.68. The summed E-state index contributed by atoms with van der Waals surface area (Å²) in [5.74, 6) is -0.563. The van der Waals surface area contributed by atoms with Crippen LogP contribution in [0, 0.1) is 5.92 Å². The quantitative estimate of drug-likeness (QED) is 0.794. The summed E-state index contributed by atoms with van der Waals surface area (Å²) in [6.07, 6.45) is 2.25. The number of carboxylic acid groups (broad SMARTS) is 1. The van der Waals surface area contributed by atoms with Crippen LogP contribution in [0.1, 0.15) is 26.7 Å². The van der Waals surface area contributed by atoms with E-state index >= 15 is 0 Å². The van der Waals surface area contributed by atoms with Gasteiger partial charge in [0.2, 0.25) is 0 Å². The lowest BCUT2D eigenvalue weighted by atomic mass is 9.98. The minimum Gasteiger partial charge on any atom is -0.480 e. The summed E-state index contributed by atoms with van der Waals surface area (Å²) < 4.78 is 0.